The highest BCUT2D eigenvalue weighted by molar-refractivity contribution is 5.82. The van der Waals surface area contributed by atoms with E-state index in [1.165, 1.54) is 0 Å². The molecule has 4 nitrogen and oxygen atoms in total. The number of carbonyl (C=O) groups is 1. The fraction of sp³-hybridized carbons (Fsp3) is 0.929. The van der Waals surface area contributed by atoms with E-state index in [1.54, 1.807) is 0 Å². The van der Waals surface area contributed by atoms with Gasteiger partial charge in [-0.3, -0.25) is 9.69 Å². The van der Waals surface area contributed by atoms with Crippen LogP contribution in [0.3, 0.4) is 0 Å². The zero-order valence-corrected chi connectivity index (χ0v) is 12.3. The molecule has 2 N–H and O–H groups in total. The third-order valence-corrected chi connectivity index (χ3v) is 4.36. The van der Waals surface area contributed by atoms with Gasteiger partial charge in [0.25, 0.3) is 0 Å². The van der Waals surface area contributed by atoms with Crippen molar-refractivity contribution in [3.05, 3.63) is 0 Å². The Labute approximate surface area is 110 Å². The number of fused-ring (bicyclic) bond motifs is 1. The SMILES string of the molecule is CC(C(=O)NC(C)(C)C)N1CC2CNCC2C1C. The maximum Gasteiger partial charge on any atom is 0.237 e. The number of rotatable bonds is 2. The molecule has 2 aliphatic rings. The third-order valence-electron chi connectivity index (χ3n) is 4.36. The quantitative estimate of drug-likeness (QED) is 0.766. The molecule has 0 aromatic heterocycles. The highest BCUT2D eigenvalue weighted by Crippen LogP contribution is 2.33. The van der Waals surface area contributed by atoms with E-state index < -0.39 is 0 Å². The monoisotopic (exact) mass is 253 g/mol. The van der Waals surface area contributed by atoms with Gasteiger partial charge < -0.3 is 10.6 Å². The summed E-state index contributed by atoms with van der Waals surface area (Å²) in [6.45, 7) is 13.7. The maximum atomic E-state index is 12.2. The minimum atomic E-state index is -0.147. The minimum Gasteiger partial charge on any atom is -0.350 e. The average Bonchev–Trinajstić information content (AvgIpc) is 2.78. The zero-order chi connectivity index (χ0) is 13.5. The van der Waals surface area contributed by atoms with Gasteiger partial charge in [0.15, 0.2) is 0 Å². The Balaban J connectivity index is 1.97. The van der Waals surface area contributed by atoms with Crippen molar-refractivity contribution in [1.82, 2.24) is 15.5 Å². The second kappa shape index (κ2) is 4.82. The summed E-state index contributed by atoms with van der Waals surface area (Å²) < 4.78 is 0. The van der Waals surface area contributed by atoms with Crippen LogP contribution in [0.2, 0.25) is 0 Å². The molecule has 104 valence electrons. The number of nitrogens with zero attached hydrogens (tertiary/aromatic N) is 1. The lowest BCUT2D eigenvalue weighted by atomic mass is 9.95. The first-order chi connectivity index (χ1) is 8.29. The van der Waals surface area contributed by atoms with E-state index >= 15 is 0 Å². The second-order valence-electron chi connectivity index (χ2n) is 6.93. The molecule has 2 fully saturated rings. The molecule has 2 aliphatic heterocycles. The van der Waals surface area contributed by atoms with Gasteiger partial charge in [-0.05, 0) is 59.5 Å². The van der Waals surface area contributed by atoms with Crippen LogP contribution in [0.25, 0.3) is 0 Å². The molecule has 0 aliphatic carbocycles. The molecule has 2 saturated heterocycles. The fourth-order valence-electron chi connectivity index (χ4n) is 3.34. The number of nitrogens with one attached hydrogen (secondary N) is 2. The number of carbonyl (C=O) groups excluding carboxylic acids is 1. The van der Waals surface area contributed by atoms with Crippen molar-refractivity contribution in [3.63, 3.8) is 0 Å². The molecule has 4 unspecified atom stereocenters. The van der Waals surface area contributed by atoms with Gasteiger partial charge in [-0.1, -0.05) is 0 Å². The van der Waals surface area contributed by atoms with Crippen molar-refractivity contribution in [2.24, 2.45) is 11.8 Å². The molecular formula is C14H27N3O. The van der Waals surface area contributed by atoms with Crippen LogP contribution in [0.1, 0.15) is 34.6 Å². The molecule has 0 aromatic carbocycles. The third kappa shape index (κ3) is 2.69. The summed E-state index contributed by atoms with van der Waals surface area (Å²) in [5, 5.41) is 6.54. The van der Waals surface area contributed by atoms with Gasteiger partial charge in [-0.2, -0.15) is 0 Å². The first-order valence-electron chi connectivity index (χ1n) is 7.08. The van der Waals surface area contributed by atoms with Crippen molar-refractivity contribution < 1.29 is 4.79 Å². The lowest BCUT2D eigenvalue weighted by molar-refractivity contribution is -0.127. The van der Waals surface area contributed by atoms with E-state index in [1.807, 2.05) is 27.7 Å². The fourth-order valence-corrected chi connectivity index (χ4v) is 3.34. The van der Waals surface area contributed by atoms with Crippen LogP contribution < -0.4 is 10.6 Å². The largest absolute Gasteiger partial charge is 0.350 e. The molecule has 2 heterocycles. The van der Waals surface area contributed by atoms with Gasteiger partial charge in [0.2, 0.25) is 5.91 Å². The normalized spacial score (nSPS) is 34.4. The van der Waals surface area contributed by atoms with Crippen LogP contribution in [0.5, 0.6) is 0 Å². The number of hydrogen-bond donors (Lipinski definition) is 2. The van der Waals surface area contributed by atoms with Crippen molar-refractivity contribution in [2.75, 3.05) is 19.6 Å². The summed E-state index contributed by atoms with van der Waals surface area (Å²) in [5.41, 5.74) is -0.147. The first-order valence-corrected chi connectivity index (χ1v) is 7.08. The van der Waals surface area contributed by atoms with Gasteiger partial charge in [-0.25, -0.2) is 0 Å². The molecule has 0 spiro atoms. The summed E-state index contributed by atoms with van der Waals surface area (Å²) in [7, 11) is 0. The summed E-state index contributed by atoms with van der Waals surface area (Å²) in [5.74, 6) is 1.60. The Morgan fingerprint density at radius 2 is 2.06 bits per heavy atom. The first kappa shape index (κ1) is 13.8. The molecule has 0 saturated carbocycles. The van der Waals surface area contributed by atoms with E-state index in [-0.39, 0.29) is 17.5 Å². The molecular weight excluding hydrogens is 226 g/mol. The average molecular weight is 253 g/mol. The van der Waals surface area contributed by atoms with Gasteiger partial charge in [0.1, 0.15) is 0 Å². The van der Waals surface area contributed by atoms with Gasteiger partial charge >= 0.3 is 0 Å². The molecule has 18 heavy (non-hydrogen) atoms. The molecule has 4 atom stereocenters. The number of hydrogen-bond acceptors (Lipinski definition) is 3. The molecule has 0 radical (unpaired) electrons. The Kier molecular flexibility index (Phi) is 3.70. The molecule has 4 heteroatoms. The molecule has 0 aromatic rings. The topological polar surface area (TPSA) is 44.4 Å². The van der Waals surface area contributed by atoms with Crippen molar-refractivity contribution in [3.8, 4) is 0 Å². The van der Waals surface area contributed by atoms with Crippen LogP contribution in [0.4, 0.5) is 0 Å². The lowest BCUT2D eigenvalue weighted by Gasteiger charge is -2.32. The van der Waals surface area contributed by atoms with Crippen LogP contribution in [0, 0.1) is 11.8 Å². The minimum absolute atomic E-state index is 0.0233. The van der Waals surface area contributed by atoms with E-state index in [0.717, 1.165) is 31.5 Å². The van der Waals surface area contributed by atoms with Gasteiger partial charge in [-0.15, -0.1) is 0 Å². The highest BCUT2D eigenvalue weighted by Gasteiger charge is 2.44. The Morgan fingerprint density at radius 1 is 1.39 bits per heavy atom. The zero-order valence-electron chi connectivity index (χ0n) is 12.3. The maximum absolute atomic E-state index is 12.2. The van der Waals surface area contributed by atoms with E-state index in [4.69, 9.17) is 0 Å². The smallest absolute Gasteiger partial charge is 0.237 e. The van der Waals surface area contributed by atoms with E-state index in [0.29, 0.717) is 6.04 Å². The molecule has 1 amide bonds. The Hall–Kier alpha value is -0.610. The molecule has 2 rings (SSSR count). The summed E-state index contributed by atoms with van der Waals surface area (Å²) in [4.78, 5) is 14.6. The lowest BCUT2D eigenvalue weighted by Crippen LogP contribution is -2.52. The predicted molar refractivity (Wildman–Crippen MR) is 73.4 cm³/mol. The predicted octanol–water partition coefficient (Wildman–Crippen LogP) is 0.829. The Bertz CT molecular complexity index is 323. The Morgan fingerprint density at radius 3 is 2.61 bits per heavy atom. The summed E-state index contributed by atoms with van der Waals surface area (Å²) in [6.07, 6.45) is 0. The van der Waals surface area contributed by atoms with Gasteiger partial charge in [0, 0.05) is 18.1 Å². The van der Waals surface area contributed by atoms with Crippen LogP contribution in [0.15, 0.2) is 0 Å². The van der Waals surface area contributed by atoms with Crippen molar-refractivity contribution in [1.29, 1.82) is 0 Å². The van der Waals surface area contributed by atoms with Gasteiger partial charge in [0.05, 0.1) is 6.04 Å². The second-order valence-corrected chi connectivity index (χ2v) is 6.93. The van der Waals surface area contributed by atoms with Crippen molar-refractivity contribution >= 4 is 5.91 Å². The number of likely N-dealkylation sites (tertiary alicyclic amines) is 1. The standard InChI is InChI=1S/C14H27N3O/c1-9-12-7-15-6-11(12)8-17(9)10(2)13(18)16-14(3,4)5/h9-12,15H,6-8H2,1-5H3,(H,16,18). The van der Waals surface area contributed by atoms with Crippen molar-refractivity contribution in [2.45, 2.75) is 52.2 Å². The van der Waals surface area contributed by atoms with Crippen LogP contribution >= 0.6 is 0 Å². The highest BCUT2D eigenvalue weighted by atomic mass is 16.2. The van der Waals surface area contributed by atoms with Crippen LogP contribution in [-0.4, -0.2) is 48.1 Å². The summed E-state index contributed by atoms with van der Waals surface area (Å²) >= 11 is 0. The number of amides is 1. The van der Waals surface area contributed by atoms with E-state index in [2.05, 4.69) is 22.5 Å². The van der Waals surface area contributed by atoms with Crippen LogP contribution in [-0.2, 0) is 4.79 Å². The van der Waals surface area contributed by atoms with E-state index in [9.17, 15) is 4.79 Å². The molecule has 0 bridgehead atoms. The summed E-state index contributed by atoms with van der Waals surface area (Å²) in [6, 6.07) is 0.482.